The van der Waals surface area contributed by atoms with E-state index in [0.29, 0.717) is 9.58 Å². The molecule has 152 valence electrons. The van der Waals surface area contributed by atoms with E-state index < -0.39 is 23.2 Å². The van der Waals surface area contributed by atoms with E-state index in [0.717, 1.165) is 55.9 Å². The van der Waals surface area contributed by atoms with Gasteiger partial charge in [0.05, 0.1) is 10.5 Å². The monoisotopic (exact) mass is 414 g/mol. The zero-order valence-electron chi connectivity index (χ0n) is 15.0. The highest BCUT2D eigenvalue weighted by molar-refractivity contribution is 7.38. The molecule has 0 aliphatic heterocycles. The van der Waals surface area contributed by atoms with Crippen LogP contribution in [0.15, 0.2) is 24.3 Å². The maximum absolute atomic E-state index is 13.7. The number of thiophene rings is 1. The zero-order valence-corrected chi connectivity index (χ0v) is 15.8. The van der Waals surface area contributed by atoms with Gasteiger partial charge in [-0.15, -0.1) is 13.2 Å². The number of aryl methyl sites for hydroxylation is 1. The van der Waals surface area contributed by atoms with E-state index in [4.69, 9.17) is 0 Å². The van der Waals surface area contributed by atoms with Gasteiger partial charge in [-0.2, -0.15) is 0 Å². The number of alkyl halides is 3. The van der Waals surface area contributed by atoms with Crippen LogP contribution < -0.4 is 0 Å². The molecule has 0 spiro atoms. The molecule has 1 saturated carbocycles. The van der Waals surface area contributed by atoms with Crippen molar-refractivity contribution in [1.82, 2.24) is 0 Å². The third-order valence-electron chi connectivity index (χ3n) is 4.61. The number of rotatable bonds is 3. The van der Waals surface area contributed by atoms with E-state index >= 15 is 0 Å². The van der Waals surface area contributed by atoms with Crippen LogP contribution in [0.4, 0.5) is 30.4 Å². The van der Waals surface area contributed by atoms with Gasteiger partial charge in [-0.05, 0) is 30.9 Å². The van der Waals surface area contributed by atoms with Gasteiger partial charge in [0.1, 0.15) is 0 Å². The number of hydrogen-bond acceptors (Lipinski definition) is 0. The van der Waals surface area contributed by atoms with Gasteiger partial charge < -0.3 is 17.3 Å². The lowest BCUT2D eigenvalue weighted by Crippen LogP contribution is -2.06. The second-order valence-corrected chi connectivity index (χ2v) is 8.74. The van der Waals surface area contributed by atoms with E-state index in [1.54, 1.807) is 0 Å². The van der Waals surface area contributed by atoms with Crippen LogP contribution in [0.5, 0.6) is 0 Å². The molecule has 1 fully saturated rings. The quantitative estimate of drug-likeness (QED) is 0.269. The second kappa shape index (κ2) is 8.84. The Balaban J connectivity index is 0.000000465. The molecule has 1 aliphatic carbocycles. The van der Waals surface area contributed by atoms with Gasteiger partial charge in [-0.1, -0.05) is 38.7 Å². The Labute approximate surface area is 156 Å². The van der Waals surface area contributed by atoms with Gasteiger partial charge in [0.2, 0.25) is 0 Å². The van der Waals surface area contributed by atoms with Crippen LogP contribution in [-0.4, -0.2) is 7.25 Å². The summed E-state index contributed by atoms with van der Waals surface area (Å²) in [5.74, 6) is 0.126. The zero-order chi connectivity index (χ0) is 20.2. The van der Waals surface area contributed by atoms with Crippen LogP contribution in [0, 0.1) is 0 Å². The maximum atomic E-state index is 13.7. The third-order valence-corrected chi connectivity index (χ3v) is 6.79. The number of benzene rings is 1. The van der Waals surface area contributed by atoms with E-state index in [1.165, 1.54) is 0 Å². The van der Waals surface area contributed by atoms with Crippen molar-refractivity contribution in [3.63, 3.8) is 0 Å². The Morgan fingerprint density at radius 3 is 2.11 bits per heavy atom. The molecule has 1 heterocycles. The van der Waals surface area contributed by atoms with Gasteiger partial charge in [-0.25, -0.2) is 0 Å². The van der Waals surface area contributed by atoms with Crippen molar-refractivity contribution in [3.8, 4) is 0 Å². The third kappa shape index (κ3) is 6.40. The number of halogens is 7. The van der Waals surface area contributed by atoms with Crippen molar-refractivity contribution >= 4 is 27.8 Å². The van der Waals surface area contributed by atoms with Crippen LogP contribution in [0.3, 0.4) is 0 Å². The van der Waals surface area contributed by atoms with Crippen LogP contribution in [-0.2, 0) is 11.9 Å². The molecule has 1 unspecified atom stereocenters. The van der Waals surface area contributed by atoms with Crippen molar-refractivity contribution < 1.29 is 30.4 Å². The fourth-order valence-corrected chi connectivity index (χ4v) is 5.80. The maximum Gasteiger partial charge on any atom is 0.673 e. The second-order valence-electron chi connectivity index (χ2n) is 6.75. The average Bonchev–Trinajstić information content (AvgIpc) is 2.93. The minimum Gasteiger partial charge on any atom is -0.418 e. The largest absolute Gasteiger partial charge is 0.673 e. The van der Waals surface area contributed by atoms with E-state index in [2.05, 4.69) is 6.92 Å². The van der Waals surface area contributed by atoms with Crippen LogP contribution in [0.25, 0.3) is 10.1 Å². The van der Waals surface area contributed by atoms with Crippen molar-refractivity contribution in [1.29, 1.82) is 0 Å². The van der Waals surface area contributed by atoms with Gasteiger partial charge in [0, 0.05) is 23.4 Å². The minimum absolute atomic E-state index is 0.126. The summed E-state index contributed by atoms with van der Waals surface area (Å²) in [4.78, 5) is 0.649. The SMILES string of the molecule is CCCc1ccc2cc(C3CCCCC3)[s+](C(F)(F)F)c2c1.F[B-](F)(F)F. The smallest absolute Gasteiger partial charge is 0.418 e. The van der Waals surface area contributed by atoms with Crippen molar-refractivity contribution in [3.05, 3.63) is 34.7 Å². The molecule has 27 heavy (non-hydrogen) atoms. The highest BCUT2D eigenvalue weighted by Crippen LogP contribution is 2.55. The molecule has 3 rings (SSSR count). The van der Waals surface area contributed by atoms with Crippen molar-refractivity contribution in [2.45, 2.75) is 63.3 Å². The molecular formula is C18H22BF7S. The van der Waals surface area contributed by atoms with Crippen molar-refractivity contribution in [2.75, 3.05) is 0 Å². The fraction of sp³-hybridized carbons (Fsp3) is 0.556. The first-order valence-corrected chi connectivity index (χ1v) is 10.3. The Morgan fingerprint density at radius 1 is 1.00 bits per heavy atom. The lowest BCUT2D eigenvalue weighted by Gasteiger charge is -2.18. The lowest BCUT2D eigenvalue weighted by molar-refractivity contribution is -0.0868. The topological polar surface area (TPSA) is 0 Å². The summed E-state index contributed by atoms with van der Waals surface area (Å²) in [6.45, 7) is 2.06. The van der Waals surface area contributed by atoms with Gasteiger partial charge >= 0.3 is 12.8 Å². The van der Waals surface area contributed by atoms with E-state index in [9.17, 15) is 30.4 Å². The molecule has 0 radical (unpaired) electrons. The molecule has 1 aliphatic rings. The predicted molar refractivity (Wildman–Crippen MR) is 97.7 cm³/mol. The molecular weight excluding hydrogens is 392 g/mol. The molecule has 9 heteroatoms. The highest BCUT2D eigenvalue weighted by atomic mass is 32.2. The fourth-order valence-electron chi connectivity index (χ4n) is 3.59. The highest BCUT2D eigenvalue weighted by Gasteiger charge is 2.49. The molecule has 0 nitrogen and oxygen atoms in total. The van der Waals surface area contributed by atoms with Crippen LogP contribution in [0.2, 0.25) is 0 Å². The summed E-state index contributed by atoms with van der Waals surface area (Å²) < 4.78 is 80.7. The van der Waals surface area contributed by atoms with Gasteiger partial charge in [0.25, 0.3) is 0 Å². The first kappa shape index (κ1) is 22.0. The molecule has 1 aromatic heterocycles. The first-order chi connectivity index (χ1) is 12.5. The van der Waals surface area contributed by atoms with E-state index in [1.807, 2.05) is 24.3 Å². The molecule has 2 aromatic rings. The minimum atomic E-state index is -6.00. The van der Waals surface area contributed by atoms with Gasteiger partial charge in [0.15, 0.2) is 9.58 Å². The Hall–Kier alpha value is -1.25. The summed E-state index contributed by atoms with van der Waals surface area (Å²) in [5, 5.41) is 0.793. The van der Waals surface area contributed by atoms with Gasteiger partial charge in [-0.3, -0.25) is 0 Å². The number of hydrogen-bond donors (Lipinski definition) is 0. The summed E-state index contributed by atoms with van der Waals surface area (Å²) in [6, 6.07) is 7.53. The Morgan fingerprint density at radius 2 is 1.59 bits per heavy atom. The Bertz CT molecular complexity index is 736. The molecule has 1 atom stereocenters. The number of fused-ring (bicyclic) bond motifs is 1. The summed E-state index contributed by atoms with van der Waals surface area (Å²) >= 11 is 0. The Kier molecular flexibility index (Phi) is 7.22. The van der Waals surface area contributed by atoms with Crippen molar-refractivity contribution in [2.24, 2.45) is 0 Å². The van der Waals surface area contributed by atoms with Crippen LogP contribution >= 0.6 is 10.5 Å². The van der Waals surface area contributed by atoms with Crippen LogP contribution in [0.1, 0.15) is 61.8 Å². The molecule has 0 saturated heterocycles. The normalized spacial score (nSPS) is 17.0. The molecule has 0 N–H and O–H groups in total. The predicted octanol–water partition coefficient (Wildman–Crippen LogP) is 8.37. The summed E-state index contributed by atoms with van der Waals surface area (Å²) in [5.41, 5.74) is -3.12. The molecule has 1 aromatic carbocycles. The lowest BCUT2D eigenvalue weighted by atomic mass is 9.88. The van der Waals surface area contributed by atoms with E-state index in [-0.39, 0.29) is 5.92 Å². The average molecular weight is 414 g/mol. The first-order valence-electron chi connectivity index (χ1n) is 9.03. The summed E-state index contributed by atoms with van der Waals surface area (Å²) in [7, 11) is -7.71. The summed E-state index contributed by atoms with van der Waals surface area (Å²) in [6.07, 6.45) is 6.94. The molecule has 0 amide bonds. The molecule has 0 bridgehead atoms. The standard InChI is InChI=1S/C18H22F3S.BF4/c1-2-6-13-9-10-15-12-17(14-7-4-3-5-8-14)22(16(15)11-13)18(19,20)21;2-1(3,4)5/h9-12,14H,2-8H2,1H3;/q+1;-1.